The first-order chi connectivity index (χ1) is 15.5. The Morgan fingerprint density at radius 1 is 1.15 bits per heavy atom. The van der Waals surface area contributed by atoms with Crippen LogP contribution in [0.3, 0.4) is 0 Å². The van der Waals surface area contributed by atoms with E-state index in [0.29, 0.717) is 11.3 Å². The van der Waals surface area contributed by atoms with Crippen molar-refractivity contribution in [1.82, 2.24) is 20.8 Å². The SMILES string of the molecule is Cc1n[nH]c2ccc(-c3cc(F)c(CC(=O)NC4=CNC(C)C(C(F)(F)F)=C4)cc3F)cc12. The molecule has 1 aliphatic rings. The van der Waals surface area contributed by atoms with Crippen molar-refractivity contribution in [1.29, 1.82) is 0 Å². The van der Waals surface area contributed by atoms with Crippen molar-refractivity contribution in [2.45, 2.75) is 32.5 Å². The maximum absolute atomic E-state index is 14.8. The van der Waals surface area contributed by atoms with E-state index in [1.54, 1.807) is 25.1 Å². The zero-order chi connectivity index (χ0) is 23.9. The highest BCUT2D eigenvalue weighted by Crippen LogP contribution is 2.31. The molecule has 0 spiro atoms. The Balaban J connectivity index is 1.53. The number of carbonyl (C=O) groups is 1. The fourth-order valence-electron chi connectivity index (χ4n) is 3.67. The van der Waals surface area contributed by atoms with Gasteiger partial charge in [0.05, 0.1) is 34.9 Å². The van der Waals surface area contributed by atoms with Gasteiger partial charge in [0.25, 0.3) is 0 Å². The van der Waals surface area contributed by atoms with Gasteiger partial charge in [-0.1, -0.05) is 6.07 Å². The molecule has 1 aromatic heterocycles. The highest BCUT2D eigenvalue weighted by molar-refractivity contribution is 5.87. The number of nitrogens with one attached hydrogen (secondary N) is 3. The number of H-pyrrole nitrogens is 1. The summed E-state index contributed by atoms with van der Waals surface area (Å²) in [7, 11) is 0. The molecule has 1 atom stereocenters. The minimum atomic E-state index is -4.57. The molecule has 0 aliphatic carbocycles. The molecule has 0 saturated carbocycles. The number of carbonyl (C=O) groups excluding carboxylic acids is 1. The summed E-state index contributed by atoms with van der Waals surface area (Å²) in [5.41, 5.74) is 0.742. The number of hydrogen-bond donors (Lipinski definition) is 3. The van der Waals surface area contributed by atoms with Gasteiger partial charge >= 0.3 is 6.18 Å². The summed E-state index contributed by atoms with van der Waals surface area (Å²) < 4.78 is 68.7. The number of aryl methyl sites for hydroxylation is 1. The van der Waals surface area contributed by atoms with E-state index in [2.05, 4.69) is 20.8 Å². The van der Waals surface area contributed by atoms with E-state index in [1.807, 2.05) is 0 Å². The average Bonchev–Trinajstić information content (AvgIpc) is 3.11. The number of amides is 1. The van der Waals surface area contributed by atoms with Crippen molar-refractivity contribution >= 4 is 16.8 Å². The number of dihydropyridines is 1. The molecule has 2 aromatic carbocycles. The lowest BCUT2D eigenvalue weighted by atomic mass is 9.99. The number of aromatic nitrogens is 2. The third-order valence-electron chi connectivity index (χ3n) is 5.43. The summed E-state index contributed by atoms with van der Waals surface area (Å²) in [4.78, 5) is 12.3. The smallest absolute Gasteiger partial charge is 0.383 e. The first kappa shape index (κ1) is 22.5. The molecule has 0 radical (unpaired) electrons. The first-order valence-electron chi connectivity index (χ1n) is 10.0. The second kappa shape index (κ2) is 8.34. The summed E-state index contributed by atoms with van der Waals surface area (Å²) in [5, 5.41) is 12.5. The van der Waals surface area contributed by atoms with Gasteiger partial charge in [-0.3, -0.25) is 9.89 Å². The van der Waals surface area contributed by atoms with Crippen molar-refractivity contribution in [3.8, 4) is 11.1 Å². The zero-order valence-corrected chi connectivity index (χ0v) is 17.6. The van der Waals surface area contributed by atoms with Crippen LogP contribution in [0.25, 0.3) is 22.0 Å². The number of nitrogens with zero attached hydrogens (tertiary/aromatic N) is 1. The molecule has 0 saturated heterocycles. The third kappa shape index (κ3) is 4.59. The minimum absolute atomic E-state index is 0.0186. The summed E-state index contributed by atoms with van der Waals surface area (Å²) in [6, 6.07) is 5.96. The highest BCUT2D eigenvalue weighted by atomic mass is 19.4. The molecule has 3 N–H and O–H groups in total. The van der Waals surface area contributed by atoms with E-state index in [9.17, 15) is 26.7 Å². The summed E-state index contributed by atoms with van der Waals surface area (Å²) >= 11 is 0. The molecule has 172 valence electrons. The number of allylic oxidation sites excluding steroid dienone is 1. The maximum atomic E-state index is 14.8. The Hall–Kier alpha value is -3.69. The average molecular weight is 462 g/mol. The topological polar surface area (TPSA) is 69.8 Å². The van der Waals surface area contributed by atoms with Crippen molar-refractivity contribution in [3.05, 3.63) is 76.8 Å². The molecule has 0 bridgehead atoms. The molecule has 4 rings (SSSR count). The second-order valence-corrected chi connectivity index (χ2v) is 7.80. The van der Waals surface area contributed by atoms with Crippen LogP contribution in [0, 0.1) is 18.6 Å². The normalized spacial score (nSPS) is 16.3. The number of aromatic amines is 1. The fourth-order valence-corrected chi connectivity index (χ4v) is 3.67. The predicted molar refractivity (Wildman–Crippen MR) is 113 cm³/mol. The molecule has 1 aliphatic heterocycles. The van der Waals surface area contributed by atoms with Crippen LogP contribution in [0.4, 0.5) is 22.0 Å². The van der Waals surface area contributed by atoms with Crippen molar-refractivity contribution < 1.29 is 26.7 Å². The molecule has 10 heteroatoms. The monoisotopic (exact) mass is 462 g/mol. The Morgan fingerprint density at radius 3 is 2.64 bits per heavy atom. The molecule has 2 heterocycles. The van der Waals surface area contributed by atoms with E-state index < -0.39 is 41.8 Å². The van der Waals surface area contributed by atoms with Gasteiger partial charge in [-0.15, -0.1) is 0 Å². The third-order valence-corrected chi connectivity index (χ3v) is 5.43. The Labute approximate surface area is 185 Å². The van der Waals surface area contributed by atoms with Crippen molar-refractivity contribution in [2.75, 3.05) is 0 Å². The molecule has 33 heavy (non-hydrogen) atoms. The number of rotatable bonds is 4. The molecular weight excluding hydrogens is 443 g/mol. The van der Waals surface area contributed by atoms with Crippen molar-refractivity contribution in [2.24, 2.45) is 0 Å². The van der Waals surface area contributed by atoms with E-state index in [-0.39, 0.29) is 16.8 Å². The largest absolute Gasteiger partial charge is 0.414 e. The lowest BCUT2D eigenvalue weighted by Gasteiger charge is -2.24. The Morgan fingerprint density at radius 2 is 1.91 bits per heavy atom. The van der Waals surface area contributed by atoms with Gasteiger partial charge in [0.2, 0.25) is 5.91 Å². The minimum Gasteiger partial charge on any atom is -0.383 e. The molecule has 1 unspecified atom stereocenters. The van der Waals surface area contributed by atoms with Crippen LogP contribution in [0.5, 0.6) is 0 Å². The van der Waals surface area contributed by atoms with Gasteiger partial charge in [0.1, 0.15) is 11.6 Å². The van der Waals surface area contributed by atoms with Gasteiger partial charge in [-0.25, -0.2) is 8.78 Å². The quantitative estimate of drug-likeness (QED) is 0.488. The van der Waals surface area contributed by atoms with Gasteiger partial charge in [-0.05, 0) is 49.8 Å². The summed E-state index contributed by atoms with van der Waals surface area (Å²) in [6.07, 6.45) is -3.08. The maximum Gasteiger partial charge on any atom is 0.414 e. The van der Waals surface area contributed by atoms with Crippen LogP contribution in [0.15, 0.2) is 53.9 Å². The van der Waals surface area contributed by atoms with Crippen molar-refractivity contribution in [3.63, 3.8) is 0 Å². The van der Waals surface area contributed by atoms with E-state index in [0.717, 1.165) is 29.1 Å². The number of hydrogen-bond acceptors (Lipinski definition) is 3. The Kier molecular flexibility index (Phi) is 5.69. The van der Waals surface area contributed by atoms with E-state index in [4.69, 9.17) is 0 Å². The van der Waals surface area contributed by atoms with Crippen LogP contribution >= 0.6 is 0 Å². The number of benzene rings is 2. The molecule has 3 aromatic rings. The second-order valence-electron chi connectivity index (χ2n) is 7.80. The van der Waals surface area contributed by atoms with Gasteiger partial charge in [0.15, 0.2) is 0 Å². The molecular formula is C23H19F5N4O. The predicted octanol–water partition coefficient (Wildman–Crippen LogP) is 4.80. The van der Waals surface area contributed by atoms with Crippen LogP contribution in [-0.2, 0) is 11.2 Å². The Bertz CT molecular complexity index is 1310. The van der Waals surface area contributed by atoms with Gasteiger partial charge < -0.3 is 10.6 Å². The number of alkyl halides is 3. The molecule has 0 fully saturated rings. The fraction of sp³-hybridized carbons (Fsp3) is 0.217. The lowest BCUT2D eigenvalue weighted by molar-refractivity contribution is -0.119. The van der Waals surface area contributed by atoms with Crippen LogP contribution in [0.2, 0.25) is 0 Å². The first-order valence-corrected chi connectivity index (χ1v) is 10.0. The van der Waals surface area contributed by atoms with E-state index in [1.165, 1.54) is 13.1 Å². The summed E-state index contributed by atoms with van der Waals surface area (Å²) in [6.45, 7) is 3.12. The van der Waals surface area contributed by atoms with Crippen LogP contribution in [-0.4, -0.2) is 28.3 Å². The number of fused-ring (bicyclic) bond motifs is 1. The molecule has 1 amide bonds. The van der Waals surface area contributed by atoms with Gasteiger partial charge in [0, 0.05) is 22.7 Å². The summed E-state index contributed by atoms with van der Waals surface area (Å²) in [5.74, 6) is -2.32. The lowest BCUT2D eigenvalue weighted by Crippen LogP contribution is -2.37. The number of halogens is 5. The zero-order valence-electron chi connectivity index (χ0n) is 17.6. The van der Waals surface area contributed by atoms with Gasteiger partial charge in [-0.2, -0.15) is 18.3 Å². The highest BCUT2D eigenvalue weighted by Gasteiger charge is 2.38. The van der Waals surface area contributed by atoms with E-state index >= 15 is 0 Å². The standard InChI is InChI=1S/C23H19F5N4O/c1-11-16-5-13(3-4-21(16)32-31-11)17-9-19(24)14(6-20(17)25)7-22(33)30-15-8-18(23(26,27)28)12(2)29-10-15/h3-6,8-10,12,29H,7H2,1-2H3,(H,30,33)(H,31,32). The van der Waals surface area contributed by atoms with Crippen LogP contribution < -0.4 is 10.6 Å². The van der Waals surface area contributed by atoms with Crippen LogP contribution in [0.1, 0.15) is 18.2 Å². The molecule has 5 nitrogen and oxygen atoms in total.